The molecule has 0 bridgehead atoms. The van der Waals surface area contributed by atoms with Crippen LogP contribution in [0.1, 0.15) is 30.1 Å². The van der Waals surface area contributed by atoms with Gasteiger partial charge in [0.25, 0.3) is 5.91 Å². The van der Waals surface area contributed by atoms with Crippen LogP contribution < -0.4 is 14.4 Å². The molecule has 1 aliphatic rings. The lowest BCUT2D eigenvalue weighted by molar-refractivity contribution is -0.132. The van der Waals surface area contributed by atoms with Crippen LogP contribution in [0.25, 0.3) is 11.3 Å². The maximum Gasteiger partial charge on any atom is 0.254 e. The number of aromatic nitrogens is 2. The maximum absolute atomic E-state index is 13.7. The Hall–Kier alpha value is -4.21. The van der Waals surface area contributed by atoms with E-state index in [2.05, 4.69) is 15.1 Å². The highest BCUT2D eigenvalue weighted by Crippen LogP contribution is 2.32. The van der Waals surface area contributed by atoms with Crippen LogP contribution in [0.3, 0.4) is 0 Å². The monoisotopic (exact) mass is 535 g/mol. The van der Waals surface area contributed by atoms with Crippen molar-refractivity contribution in [3.63, 3.8) is 0 Å². The highest BCUT2D eigenvalue weighted by Gasteiger charge is 2.26. The van der Waals surface area contributed by atoms with Crippen LogP contribution in [0.2, 0.25) is 0 Å². The molecule has 1 fully saturated rings. The quantitative estimate of drug-likeness (QED) is 0.389. The fourth-order valence-electron chi connectivity index (χ4n) is 4.50. The minimum Gasteiger partial charge on any atom is -0.497 e. The molecule has 2 aromatic carbocycles. The summed E-state index contributed by atoms with van der Waals surface area (Å²) in [7, 11) is 3.20. The second kappa shape index (κ2) is 13.0. The number of carbonyl (C=O) groups excluding carboxylic acids is 2. The molecule has 0 radical (unpaired) electrons. The predicted molar refractivity (Wildman–Crippen MR) is 147 cm³/mol. The predicted octanol–water partition coefficient (Wildman–Crippen LogP) is 3.89. The minimum atomic E-state index is -0.474. The summed E-state index contributed by atoms with van der Waals surface area (Å²) in [5.74, 6) is 1.14. The van der Waals surface area contributed by atoms with Gasteiger partial charge in [-0.3, -0.25) is 9.59 Å². The van der Waals surface area contributed by atoms with Crippen LogP contribution in [0.15, 0.2) is 54.6 Å². The number of methoxy groups -OCH3 is 2. The van der Waals surface area contributed by atoms with Gasteiger partial charge in [-0.25, -0.2) is 4.39 Å². The number of benzene rings is 2. The third kappa shape index (κ3) is 6.81. The number of amides is 2. The first kappa shape index (κ1) is 27.8. The number of anilines is 1. The fraction of sp³-hybridized carbons (Fsp3) is 0.379. The lowest BCUT2D eigenvalue weighted by Crippen LogP contribution is -2.52. The van der Waals surface area contributed by atoms with E-state index in [-0.39, 0.29) is 23.9 Å². The van der Waals surface area contributed by atoms with Crippen LogP contribution >= 0.6 is 0 Å². The molecule has 39 heavy (non-hydrogen) atoms. The largest absolute Gasteiger partial charge is 0.497 e. The highest BCUT2D eigenvalue weighted by atomic mass is 19.1. The van der Waals surface area contributed by atoms with Gasteiger partial charge in [-0.1, -0.05) is 19.4 Å². The van der Waals surface area contributed by atoms with E-state index < -0.39 is 5.82 Å². The van der Waals surface area contributed by atoms with Crippen LogP contribution in [0.4, 0.5) is 10.2 Å². The lowest BCUT2D eigenvalue weighted by atomic mass is 10.1. The molecule has 10 heteroatoms. The Morgan fingerprint density at radius 2 is 1.77 bits per heavy atom. The van der Waals surface area contributed by atoms with E-state index >= 15 is 0 Å². The number of nitrogens with zero attached hydrogens (tertiary/aromatic N) is 5. The SMILES string of the molecule is CCCCN(CC(=O)N1CCN(c2ccc(-c3ccc(OC)cc3OC)nn2)CC1)C(=O)c1cccc(F)c1. The van der Waals surface area contributed by atoms with Crippen molar-refractivity contribution >= 4 is 17.6 Å². The van der Waals surface area contributed by atoms with Crippen LogP contribution in [-0.2, 0) is 4.79 Å². The molecule has 2 heterocycles. The first-order valence-corrected chi connectivity index (χ1v) is 13.1. The molecule has 1 saturated heterocycles. The van der Waals surface area contributed by atoms with Crippen LogP contribution in [-0.4, -0.2) is 85.3 Å². The van der Waals surface area contributed by atoms with Crippen molar-refractivity contribution in [3.05, 3.63) is 66.0 Å². The minimum absolute atomic E-state index is 0.0342. The lowest BCUT2D eigenvalue weighted by Gasteiger charge is -2.36. The summed E-state index contributed by atoms with van der Waals surface area (Å²) in [5.41, 5.74) is 1.74. The average Bonchev–Trinajstić information content (AvgIpc) is 2.98. The van der Waals surface area contributed by atoms with Gasteiger partial charge in [-0.05, 0) is 48.9 Å². The third-order valence-corrected chi connectivity index (χ3v) is 6.76. The van der Waals surface area contributed by atoms with Gasteiger partial charge in [-0.2, -0.15) is 0 Å². The van der Waals surface area contributed by atoms with Gasteiger partial charge < -0.3 is 24.2 Å². The Balaban J connectivity index is 1.36. The number of ether oxygens (including phenoxy) is 2. The second-order valence-corrected chi connectivity index (χ2v) is 9.30. The number of halogens is 1. The smallest absolute Gasteiger partial charge is 0.254 e. The number of rotatable bonds is 10. The van der Waals surface area contributed by atoms with Crippen molar-refractivity contribution in [1.29, 1.82) is 0 Å². The van der Waals surface area contributed by atoms with E-state index in [9.17, 15) is 14.0 Å². The van der Waals surface area contributed by atoms with Crippen molar-refractivity contribution in [1.82, 2.24) is 20.0 Å². The van der Waals surface area contributed by atoms with E-state index in [1.807, 2.05) is 31.2 Å². The van der Waals surface area contributed by atoms with Crippen molar-refractivity contribution in [2.24, 2.45) is 0 Å². The van der Waals surface area contributed by atoms with Gasteiger partial charge in [0.05, 0.1) is 19.9 Å². The Kier molecular flexibility index (Phi) is 9.30. The average molecular weight is 536 g/mol. The topological polar surface area (TPSA) is 88.1 Å². The standard InChI is InChI=1S/C29H34FN5O4/c1-4-5-13-35(29(37)21-7-6-8-22(30)18-21)20-28(36)34-16-14-33(15-17-34)27-12-11-25(31-32-27)24-10-9-23(38-2)19-26(24)39-3/h6-12,18-19H,4-5,13-17,20H2,1-3H3. The molecule has 2 amide bonds. The molecule has 3 aromatic rings. The molecular formula is C29H34FN5O4. The second-order valence-electron chi connectivity index (χ2n) is 9.30. The summed E-state index contributed by atoms with van der Waals surface area (Å²) in [6.07, 6.45) is 1.64. The van der Waals surface area contributed by atoms with E-state index in [1.165, 1.54) is 23.1 Å². The van der Waals surface area contributed by atoms with Gasteiger partial charge in [0.1, 0.15) is 23.9 Å². The zero-order chi connectivity index (χ0) is 27.8. The molecular weight excluding hydrogens is 501 g/mol. The third-order valence-electron chi connectivity index (χ3n) is 6.76. The summed E-state index contributed by atoms with van der Waals surface area (Å²) in [6, 6.07) is 14.9. The van der Waals surface area contributed by atoms with Crippen molar-refractivity contribution in [3.8, 4) is 22.8 Å². The molecule has 0 aliphatic carbocycles. The summed E-state index contributed by atoms with van der Waals surface area (Å²) in [4.78, 5) is 31.5. The van der Waals surface area contributed by atoms with Gasteiger partial charge >= 0.3 is 0 Å². The number of unbranched alkanes of at least 4 members (excludes halogenated alkanes) is 1. The van der Waals surface area contributed by atoms with Gasteiger partial charge in [0.2, 0.25) is 5.91 Å². The molecule has 206 valence electrons. The Labute approximate surface area is 228 Å². The number of hydrogen-bond donors (Lipinski definition) is 0. The molecule has 0 saturated carbocycles. The van der Waals surface area contributed by atoms with Crippen LogP contribution in [0.5, 0.6) is 11.5 Å². The molecule has 9 nitrogen and oxygen atoms in total. The zero-order valence-electron chi connectivity index (χ0n) is 22.6. The molecule has 0 N–H and O–H groups in total. The van der Waals surface area contributed by atoms with E-state index in [0.717, 1.165) is 24.2 Å². The maximum atomic E-state index is 13.7. The first-order chi connectivity index (χ1) is 18.9. The summed E-state index contributed by atoms with van der Waals surface area (Å²) in [5, 5.41) is 8.82. The number of hydrogen-bond acceptors (Lipinski definition) is 7. The molecule has 0 atom stereocenters. The Morgan fingerprint density at radius 3 is 2.41 bits per heavy atom. The van der Waals surface area contributed by atoms with Crippen LogP contribution in [0, 0.1) is 5.82 Å². The van der Waals surface area contributed by atoms with E-state index in [1.54, 1.807) is 31.3 Å². The molecule has 1 aliphatic heterocycles. The van der Waals surface area contributed by atoms with Crippen molar-refractivity contribution < 1.29 is 23.5 Å². The molecule has 4 rings (SSSR count). The fourth-order valence-corrected chi connectivity index (χ4v) is 4.50. The Bertz CT molecular complexity index is 1280. The van der Waals surface area contributed by atoms with Crippen molar-refractivity contribution in [2.75, 3.05) is 58.4 Å². The summed E-state index contributed by atoms with van der Waals surface area (Å²) >= 11 is 0. The van der Waals surface area contributed by atoms with Gasteiger partial charge in [0.15, 0.2) is 5.82 Å². The molecule has 0 unspecified atom stereocenters. The van der Waals surface area contributed by atoms with E-state index in [4.69, 9.17) is 9.47 Å². The normalized spacial score (nSPS) is 13.2. The van der Waals surface area contributed by atoms with Crippen molar-refractivity contribution in [2.45, 2.75) is 19.8 Å². The molecule has 0 spiro atoms. The van der Waals surface area contributed by atoms with E-state index in [0.29, 0.717) is 49.9 Å². The molecule has 1 aromatic heterocycles. The summed E-state index contributed by atoms with van der Waals surface area (Å²) in [6.45, 7) is 4.63. The Morgan fingerprint density at radius 1 is 0.974 bits per heavy atom. The zero-order valence-corrected chi connectivity index (χ0v) is 22.6. The highest BCUT2D eigenvalue weighted by molar-refractivity contribution is 5.96. The van der Waals surface area contributed by atoms with Gasteiger partial charge in [-0.15, -0.1) is 10.2 Å². The number of carbonyl (C=O) groups is 2. The summed E-state index contributed by atoms with van der Waals surface area (Å²) < 4.78 is 24.4. The van der Waals surface area contributed by atoms with Gasteiger partial charge in [0, 0.05) is 49.9 Å². The number of piperazine rings is 1. The first-order valence-electron chi connectivity index (χ1n) is 13.1.